The second-order valence-corrected chi connectivity index (χ2v) is 20.4. The van der Waals surface area contributed by atoms with Gasteiger partial charge in [0, 0.05) is 26.1 Å². The lowest BCUT2D eigenvalue weighted by atomic mass is 9.52. The first-order chi connectivity index (χ1) is 31.8. The van der Waals surface area contributed by atoms with Crippen molar-refractivity contribution < 1.29 is 48.7 Å². The average molecular weight is 933 g/mol. The maximum absolute atomic E-state index is 13.7. The molecule has 4 aliphatic rings. The van der Waals surface area contributed by atoms with Crippen molar-refractivity contribution in [2.24, 2.45) is 29.1 Å². The van der Waals surface area contributed by atoms with Gasteiger partial charge in [0.1, 0.15) is 24.4 Å². The van der Waals surface area contributed by atoms with Crippen molar-refractivity contribution in [1.29, 1.82) is 0 Å². The number of phenolic OH excluding ortho intramolecular Hbond substituents is 1. The molecule has 3 fully saturated rings. The number of nitrogens with zero attached hydrogens (tertiary/aromatic N) is 2. The Kier molecular flexibility index (Phi) is 17.7. The Hall–Kier alpha value is -3.96. The molecule has 362 valence electrons. The Labute approximate surface area is 394 Å². The lowest BCUT2D eigenvalue weighted by Gasteiger charge is -2.53. The molecule has 0 bridgehead atoms. The normalized spacial score (nSPS) is 26.2. The molecule has 0 unspecified atom stereocenters. The van der Waals surface area contributed by atoms with Crippen LogP contribution in [0.3, 0.4) is 0 Å². The van der Waals surface area contributed by atoms with Gasteiger partial charge in [0.05, 0.1) is 67.9 Å². The summed E-state index contributed by atoms with van der Waals surface area (Å²) in [5, 5.41) is 37.4. The highest BCUT2D eigenvalue weighted by molar-refractivity contribution is 7.13. The standard InChI is InChI=1S/C51H72N4O10S/c1-32(2)47(50(61)55-29-39(57)27-43(55)49(60)52-28-34-8-10-35(11-9-34)48-33(3)53-31-66-48)54-45(59)30-65-24-23-64-22-21-63-20-19-62-18-6-5-7-36-25-37-26-38(56)12-13-40(37)41-16-17-51(4)42(46(36)41)14-15-44(51)58/h8-13,26,31-32,36,39,41-44,46-47,56-58H,5-7,14-25,27-30H2,1-4H3,(H,52,60)(H,54,59)/t36-,39-,41-,42+,43+,44+,46-,47+,51+/m1/s1. The van der Waals surface area contributed by atoms with Gasteiger partial charge in [-0.2, -0.15) is 0 Å². The number of hydrogen-bond donors (Lipinski definition) is 5. The summed E-state index contributed by atoms with van der Waals surface area (Å²) < 4.78 is 22.7. The molecular weight excluding hydrogens is 861 g/mol. The number of aryl methyl sites for hydroxylation is 1. The summed E-state index contributed by atoms with van der Waals surface area (Å²) in [7, 11) is 0. The molecule has 0 radical (unpaired) electrons. The summed E-state index contributed by atoms with van der Waals surface area (Å²) in [4.78, 5) is 46.7. The number of thiazole rings is 1. The molecule has 66 heavy (non-hydrogen) atoms. The Bertz CT molecular complexity index is 2060. The third-order valence-electron chi connectivity index (χ3n) is 14.8. The van der Waals surface area contributed by atoms with Crippen LogP contribution in [-0.4, -0.2) is 127 Å². The minimum absolute atomic E-state index is 0.00312. The van der Waals surface area contributed by atoms with Crippen molar-refractivity contribution in [1.82, 2.24) is 20.5 Å². The van der Waals surface area contributed by atoms with Gasteiger partial charge in [-0.1, -0.05) is 57.5 Å². The zero-order valence-corrected chi connectivity index (χ0v) is 40.1. The number of amides is 3. The molecule has 2 aromatic carbocycles. The molecule has 3 aromatic rings. The number of fused-ring (bicyclic) bond motifs is 5. The van der Waals surface area contributed by atoms with Gasteiger partial charge in [-0.05, 0) is 121 Å². The van der Waals surface area contributed by atoms with Crippen molar-refractivity contribution >= 4 is 29.1 Å². The van der Waals surface area contributed by atoms with E-state index in [-0.39, 0.29) is 62.7 Å². The van der Waals surface area contributed by atoms with Crippen LogP contribution >= 0.6 is 11.3 Å². The lowest BCUT2D eigenvalue weighted by Crippen LogP contribution is -2.55. The predicted octanol–water partition coefficient (Wildman–Crippen LogP) is 5.92. The van der Waals surface area contributed by atoms with E-state index in [0.717, 1.165) is 73.1 Å². The maximum Gasteiger partial charge on any atom is 0.246 e. The highest BCUT2D eigenvalue weighted by Gasteiger charge is 2.56. The second-order valence-electron chi connectivity index (χ2n) is 19.5. The van der Waals surface area contributed by atoms with Crippen LogP contribution in [0.4, 0.5) is 0 Å². The summed E-state index contributed by atoms with van der Waals surface area (Å²) in [6, 6.07) is 12.1. The van der Waals surface area contributed by atoms with Gasteiger partial charge >= 0.3 is 0 Å². The van der Waals surface area contributed by atoms with Crippen molar-refractivity contribution in [2.45, 2.75) is 122 Å². The number of nitrogens with one attached hydrogen (secondary N) is 2. The molecule has 3 amide bonds. The average Bonchev–Trinajstić information content (AvgIpc) is 4.01. The number of rotatable bonds is 23. The predicted molar refractivity (Wildman–Crippen MR) is 252 cm³/mol. The van der Waals surface area contributed by atoms with E-state index >= 15 is 0 Å². The number of carbonyl (C=O) groups is 3. The number of ether oxygens (including phenoxy) is 4. The number of β-amino-alcohol motifs (C(OH)–C–C–N with tert-alkyl or cyclic N) is 1. The van der Waals surface area contributed by atoms with E-state index < -0.39 is 30.0 Å². The first-order valence-corrected chi connectivity index (χ1v) is 25.1. The van der Waals surface area contributed by atoms with E-state index in [1.54, 1.807) is 11.3 Å². The summed E-state index contributed by atoms with van der Waals surface area (Å²) >= 11 is 1.58. The lowest BCUT2D eigenvalue weighted by molar-refractivity contribution is -0.143. The molecule has 14 nitrogen and oxygen atoms in total. The number of unbranched alkanes of at least 4 members (excludes halogenated alkanes) is 1. The Balaban J connectivity index is 0.723. The maximum atomic E-state index is 13.7. The largest absolute Gasteiger partial charge is 0.508 e. The Morgan fingerprint density at radius 2 is 1.64 bits per heavy atom. The number of hydrogen-bond acceptors (Lipinski definition) is 12. The number of aromatic hydroxyl groups is 1. The van der Waals surface area contributed by atoms with Crippen LogP contribution in [0.2, 0.25) is 0 Å². The van der Waals surface area contributed by atoms with Crippen LogP contribution in [-0.2, 0) is 46.3 Å². The summed E-state index contributed by atoms with van der Waals surface area (Å²) in [5.41, 5.74) is 7.48. The molecule has 9 atom stereocenters. The van der Waals surface area contributed by atoms with Crippen LogP contribution < -0.4 is 10.6 Å². The van der Waals surface area contributed by atoms with E-state index in [1.807, 2.05) is 62.7 Å². The molecule has 15 heteroatoms. The number of aliphatic hydroxyl groups excluding tert-OH is 2. The van der Waals surface area contributed by atoms with Gasteiger partial charge in [0.2, 0.25) is 17.7 Å². The van der Waals surface area contributed by atoms with E-state index in [4.69, 9.17) is 18.9 Å². The second kappa shape index (κ2) is 23.4. The van der Waals surface area contributed by atoms with Gasteiger partial charge < -0.3 is 49.8 Å². The van der Waals surface area contributed by atoms with Crippen molar-refractivity contribution in [3.8, 4) is 16.2 Å². The number of likely N-dealkylation sites (tertiary alicyclic amines) is 1. The van der Waals surface area contributed by atoms with Crippen molar-refractivity contribution in [3.63, 3.8) is 0 Å². The Morgan fingerprint density at radius 3 is 2.33 bits per heavy atom. The van der Waals surface area contributed by atoms with Gasteiger partial charge in [-0.15, -0.1) is 11.3 Å². The SMILES string of the molecule is Cc1ncsc1-c1ccc(CNC(=O)[C@@H]2C[C@@H](O)CN2C(=O)[C@@H](NC(=O)COCCOCCOCCOCCCC[C@@H]2Cc3cc(O)ccc3[C@H]3CC[C@]4(C)[C@@H](O)CC[C@H]4[C@H]23)C(C)C)cc1. The molecule has 3 aliphatic carbocycles. The molecule has 7 rings (SSSR count). The fraction of sp³-hybridized carbons (Fsp3) is 0.647. The van der Waals surface area contributed by atoms with Gasteiger partial charge in [-0.3, -0.25) is 14.4 Å². The number of phenols is 1. The van der Waals surface area contributed by atoms with Crippen LogP contribution in [0.1, 0.15) is 100 Å². The third kappa shape index (κ3) is 12.2. The van der Waals surface area contributed by atoms with Crippen molar-refractivity contribution in [2.75, 3.05) is 59.4 Å². The first-order valence-electron chi connectivity index (χ1n) is 24.2. The fourth-order valence-corrected chi connectivity index (χ4v) is 12.2. The van der Waals surface area contributed by atoms with E-state index in [0.29, 0.717) is 62.5 Å². The number of carbonyl (C=O) groups excluding carboxylic acids is 3. The fourth-order valence-electron chi connectivity index (χ4n) is 11.3. The number of aliphatic hydroxyl groups is 2. The van der Waals surface area contributed by atoms with Gasteiger partial charge in [0.25, 0.3) is 0 Å². The van der Waals surface area contributed by atoms with Gasteiger partial charge in [0.15, 0.2) is 0 Å². The number of benzene rings is 2. The highest BCUT2D eigenvalue weighted by atomic mass is 32.1. The molecule has 1 aliphatic heterocycles. The molecule has 2 saturated carbocycles. The van der Waals surface area contributed by atoms with Gasteiger partial charge in [-0.25, -0.2) is 4.98 Å². The summed E-state index contributed by atoms with van der Waals surface area (Å²) in [6.45, 7) is 10.8. The molecular formula is C51H72N4O10S. The zero-order chi connectivity index (χ0) is 46.8. The Morgan fingerprint density at radius 1 is 0.924 bits per heavy atom. The van der Waals surface area contributed by atoms with Crippen molar-refractivity contribution in [3.05, 3.63) is 70.4 Å². The third-order valence-corrected chi connectivity index (χ3v) is 15.8. The summed E-state index contributed by atoms with van der Waals surface area (Å²) in [6.07, 6.45) is 7.45. The zero-order valence-electron chi connectivity index (χ0n) is 39.3. The highest BCUT2D eigenvalue weighted by Crippen LogP contribution is 2.62. The van der Waals surface area contributed by atoms with Crippen LogP contribution in [0.5, 0.6) is 5.75 Å². The first kappa shape index (κ1) is 49.9. The quantitative estimate of drug-likeness (QED) is 0.0711. The molecule has 1 saturated heterocycles. The van der Waals surface area contributed by atoms with Crippen LogP contribution in [0, 0.1) is 36.0 Å². The van der Waals surface area contributed by atoms with E-state index in [9.17, 15) is 29.7 Å². The van der Waals surface area contributed by atoms with E-state index in [1.165, 1.54) is 16.0 Å². The smallest absolute Gasteiger partial charge is 0.246 e. The topological polar surface area (TPSA) is 189 Å². The van der Waals surface area contributed by atoms with Crippen LogP contribution in [0.15, 0.2) is 48.0 Å². The summed E-state index contributed by atoms with van der Waals surface area (Å²) in [5.74, 6) is 1.02. The minimum Gasteiger partial charge on any atom is -0.508 e. The number of aromatic nitrogens is 1. The van der Waals surface area contributed by atoms with E-state index in [2.05, 4.69) is 28.6 Å². The molecule has 0 spiro atoms. The monoisotopic (exact) mass is 932 g/mol. The molecule has 5 N–H and O–H groups in total. The molecule has 2 heterocycles. The van der Waals surface area contributed by atoms with Crippen LogP contribution in [0.25, 0.3) is 10.4 Å². The minimum atomic E-state index is -0.899. The molecule has 1 aromatic heterocycles.